The van der Waals surface area contributed by atoms with E-state index < -0.39 is 0 Å². The molecule has 0 aliphatic carbocycles. The van der Waals surface area contributed by atoms with Crippen LogP contribution in [-0.2, 0) is 11.3 Å². The Morgan fingerprint density at radius 3 is 2.71 bits per heavy atom. The minimum Gasteiger partial charge on any atom is -0.378 e. The number of hydrogen-bond donors (Lipinski definition) is 1. The van der Waals surface area contributed by atoms with Crippen molar-refractivity contribution in [2.24, 2.45) is 0 Å². The van der Waals surface area contributed by atoms with E-state index >= 15 is 0 Å². The molecule has 1 heterocycles. The normalized spacial score (nSPS) is 10.7. The largest absolute Gasteiger partial charge is 0.378 e. The highest BCUT2D eigenvalue weighted by Crippen LogP contribution is 2.26. The predicted molar refractivity (Wildman–Crippen MR) is 89.1 cm³/mol. The van der Waals surface area contributed by atoms with E-state index in [1.807, 2.05) is 24.3 Å². The third kappa shape index (κ3) is 3.82. The molecule has 1 aromatic carbocycles. The lowest BCUT2D eigenvalue weighted by Gasteiger charge is -2.19. The predicted octanol–water partition coefficient (Wildman–Crippen LogP) is 3.86. The van der Waals surface area contributed by atoms with Crippen LogP contribution in [0.5, 0.6) is 0 Å². The molecule has 0 saturated heterocycles. The molecule has 1 amide bonds. The lowest BCUT2D eigenvalue weighted by Crippen LogP contribution is -2.23. The summed E-state index contributed by atoms with van der Waals surface area (Å²) >= 11 is 1.69. The quantitative estimate of drug-likeness (QED) is 0.912. The Labute approximate surface area is 129 Å². The van der Waals surface area contributed by atoms with Gasteiger partial charge in [0.1, 0.15) is 0 Å². The molecule has 112 valence electrons. The molecule has 0 spiro atoms. The lowest BCUT2D eigenvalue weighted by molar-refractivity contribution is -0.116. The molecule has 2 rings (SSSR count). The van der Waals surface area contributed by atoms with E-state index in [1.54, 1.807) is 30.2 Å². The lowest BCUT2D eigenvalue weighted by atomic mass is 10.2. The van der Waals surface area contributed by atoms with Gasteiger partial charge in [0.25, 0.3) is 0 Å². The number of carbonyl (C=O) groups is 1. The molecular formula is C16H21N3OS. The Balaban J connectivity index is 2.11. The second-order valence-electron chi connectivity index (χ2n) is 5.28. The number of aromatic nitrogens is 1. The first-order valence-electron chi connectivity index (χ1n) is 7.00. The third-order valence-electron chi connectivity index (χ3n) is 3.26. The number of nitrogens with zero attached hydrogens (tertiary/aromatic N) is 2. The van der Waals surface area contributed by atoms with Crippen molar-refractivity contribution in [1.82, 2.24) is 4.98 Å². The average molecular weight is 303 g/mol. The van der Waals surface area contributed by atoms with Crippen molar-refractivity contribution in [3.8, 4) is 0 Å². The summed E-state index contributed by atoms with van der Waals surface area (Å²) in [7, 11) is 1.78. The first-order valence-corrected chi connectivity index (χ1v) is 7.88. The number of thiazole rings is 1. The van der Waals surface area contributed by atoms with Gasteiger partial charge in [-0.25, -0.2) is 4.98 Å². The molecule has 0 fully saturated rings. The molecule has 0 aliphatic heterocycles. The highest BCUT2D eigenvalue weighted by Gasteiger charge is 2.11. The van der Waals surface area contributed by atoms with E-state index in [4.69, 9.17) is 0 Å². The van der Waals surface area contributed by atoms with Crippen LogP contribution >= 0.6 is 11.3 Å². The molecule has 21 heavy (non-hydrogen) atoms. The van der Waals surface area contributed by atoms with Crippen LogP contribution in [0.15, 0.2) is 29.6 Å². The SMILES string of the molecule is CC(=O)N(C)c1ccccc1NCc1csc(C(C)C)n1. The van der Waals surface area contributed by atoms with Crippen LogP contribution in [0.3, 0.4) is 0 Å². The summed E-state index contributed by atoms with van der Waals surface area (Å²) in [6, 6.07) is 7.80. The number of hydrogen-bond acceptors (Lipinski definition) is 4. The van der Waals surface area contributed by atoms with E-state index in [2.05, 4.69) is 29.5 Å². The summed E-state index contributed by atoms with van der Waals surface area (Å²) < 4.78 is 0. The van der Waals surface area contributed by atoms with Gasteiger partial charge in [-0.05, 0) is 12.1 Å². The van der Waals surface area contributed by atoms with Crippen LogP contribution < -0.4 is 10.2 Å². The molecule has 0 atom stereocenters. The van der Waals surface area contributed by atoms with Crippen LogP contribution in [0.1, 0.15) is 37.4 Å². The van der Waals surface area contributed by atoms with Crippen molar-refractivity contribution >= 4 is 28.6 Å². The maximum Gasteiger partial charge on any atom is 0.223 e. The van der Waals surface area contributed by atoms with Crippen molar-refractivity contribution in [2.45, 2.75) is 33.2 Å². The first-order chi connectivity index (χ1) is 9.99. The number of anilines is 2. The number of amides is 1. The van der Waals surface area contributed by atoms with Gasteiger partial charge in [-0.3, -0.25) is 4.79 Å². The topological polar surface area (TPSA) is 45.2 Å². The Kier molecular flexibility index (Phi) is 4.96. The van der Waals surface area contributed by atoms with Crippen molar-refractivity contribution in [3.63, 3.8) is 0 Å². The molecule has 5 heteroatoms. The highest BCUT2D eigenvalue weighted by atomic mass is 32.1. The molecule has 0 radical (unpaired) electrons. The Morgan fingerprint density at radius 2 is 2.10 bits per heavy atom. The standard InChI is InChI=1S/C16H21N3OS/c1-11(2)16-18-13(10-21-16)9-17-14-7-5-6-8-15(14)19(4)12(3)20/h5-8,10-11,17H,9H2,1-4H3. The van der Waals surface area contributed by atoms with E-state index in [9.17, 15) is 4.79 Å². The molecule has 4 nitrogen and oxygen atoms in total. The number of rotatable bonds is 5. The van der Waals surface area contributed by atoms with Crippen LogP contribution in [0, 0.1) is 0 Å². The highest BCUT2D eigenvalue weighted by molar-refractivity contribution is 7.09. The fourth-order valence-corrected chi connectivity index (χ4v) is 2.77. The van der Waals surface area contributed by atoms with Crippen molar-refractivity contribution in [3.05, 3.63) is 40.3 Å². The Bertz CT molecular complexity index is 621. The molecular weight excluding hydrogens is 282 g/mol. The summed E-state index contributed by atoms with van der Waals surface area (Å²) in [5.41, 5.74) is 2.85. The number of benzene rings is 1. The molecule has 1 N–H and O–H groups in total. The number of nitrogens with one attached hydrogen (secondary N) is 1. The zero-order valence-electron chi connectivity index (χ0n) is 12.9. The van der Waals surface area contributed by atoms with Crippen LogP contribution in [0.2, 0.25) is 0 Å². The summed E-state index contributed by atoms with van der Waals surface area (Å²) in [5, 5.41) is 6.60. The maximum atomic E-state index is 11.5. The zero-order valence-corrected chi connectivity index (χ0v) is 13.7. The molecule has 0 saturated carbocycles. The molecule has 2 aromatic rings. The Morgan fingerprint density at radius 1 is 1.38 bits per heavy atom. The van der Waals surface area contributed by atoms with Gasteiger partial charge in [0.15, 0.2) is 0 Å². The second-order valence-corrected chi connectivity index (χ2v) is 6.17. The van der Waals surface area contributed by atoms with Gasteiger partial charge in [-0.15, -0.1) is 11.3 Å². The minimum atomic E-state index is 0.0139. The van der Waals surface area contributed by atoms with Crippen molar-refractivity contribution in [1.29, 1.82) is 0 Å². The smallest absolute Gasteiger partial charge is 0.223 e. The monoisotopic (exact) mass is 303 g/mol. The van der Waals surface area contributed by atoms with Gasteiger partial charge in [0, 0.05) is 25.3 Å². The third-order valence-corrected chi connectivity index (χ3v) is 4.46. The minimum absolute atomic E-state index is 0.0139. The van der Waals surface area contributed by atoms with Gasteiger partial charge >= 0.3 is 0 Å². The molecule has 1 aromatic heterocycles. The summed E-state index contributed by atoms with van der Waals surface area (Å²) in [4.78, 5) is 17.8. The zero-order chi connectivity index (χ0) is 15.4. The van der Waals surface area contributed by atoms with Gasteiger partial charge in [-0.1, -0.05) is 26.0 Å². The molecule has 0 bridgehead atoms. The van der Waals surface area contributed by atoms with Crippen molar-refractivity contribution < 1.29 is 4.79 Å². The fourth-order valence-electron chi connectivity index (χ4n) is 1.94. The van der Waals surface area contributed by atoms with Crippen LogP contribution in [0.25, 0.3) is 0 Å². The molecule has 0 unspecified atom stereocenters. The number of carbonyl (C=O) groups excluding carboxylic acids is 1. The summed E-state index contributed by atoms with van der Waals surface area (Å²) in [5.74, 6) is 0.472. The van der Waals surface area contributed by atoms with Crippen LogP contribution in [0.4, 0.5) is 11.4 Å². The van der Waals surface area contributed by atoms with Gasteiger partial charge < -0.3 is 10.2 Å². The van der Waals surface area contributed by atoms with Crippen LogP contribution in [-0.4, -0.2) is 17.9 Å². The van der Waals surface area contributed by atoms with Crippen molar-refractivity contribution in [2.75, 3.05) is 17.3 Å². The maximum absolute atomic E-state index is 11.5. The summed E-state index contributed by atoms with van der Waals surface area (Å²) in [6.07, 6.45) is 0. The van der Waals surface area contributed by atoms with Gasteiger partial charge in [-0.2, -0.15) is 0 Å². The molecule has 0 aliphatic rings. The van der Waals surface area contributed by atoms with E-state index in [1.165, 1.54) is 0 Å². The second kappa shape index (κ2) is 6.72. The fraction of sp³-hybridized carbons (Fsp3) is 0.375. The van der Waals surface area contributed by atoms with E-state index in [0.29, 0.717) is 12.5 Å². The van der Waals surface area contributed by atoms with E-state index in [0.717, 1.165) is 22.1 Å². The number of para-hydroxylation sites is 2. The van der Waals surface area contributed by atoms with E-state index in [-0.39, 0.29) is 5.91 Å². The Hall–Kier alpha value is -1.88. The summed E-state index contributed by atoms with van der Waals surface area (Å²) in [6.45, 7) is 6.51. The average Bonchev–Trinajstić information content (AvgIpc) is 2.93. The first kappa shape index (κ1) is 15.5. The van der Waals surface area contributed by atoms with Gasteiger partial charge in [0.05, 0.1) is 28.6 Å². The van der Waals surface area contributed by atoms with Gasteiger partial charge in [0.2, 0.25) is 5.91 Å².